The highest BCUT2D eigenvalue weighted by molar-refractivity contribution is 6.04. The van der Waals surface area contributed by atoms with Gasteiger partial charge >= 0.3 is 0 Å². The fourth-order valence-electron chi connectivity index (χ4n) is 2.62. The molecule has 0 saturated carbocycles. The van der Waals surface area contributed by atoms with Gasteiger partial charge in [0.2, 0.25) is 0 Å². The van der Waals surface area contributed by atoms with Crippen LogP contribution in [0, 0.1) is 17.5 Å². The average Bonchev–Trinajstić information content (AvgIpc) is 2.71. The van der Waals surface area contributed by atoms with Crippen LogP contribution in [-0.2, 0) is 0 Å². The lowest BCUT2D eigenvalue weighted by Crippen LogP contribution is -2.34. The highest BCUT2D eigenvalue weighted by Gasteiger charge is 2.26. The van der Waals surface area contributed by atoms with Crippen molar-refractivity contribution in [2.75, 3.05) is 0 Å². The highest BCUT2D eigenvalue weighted by Crippen LogP contribution is 2.21. The van der Waals surface area contributed by atoms with E-state index in [2.05, 4.69) is 5.32 Å². The van der Waals surface area contributed by atoms with Crippen LogP contribution in [0.2, 0.25) is 0 Å². The second kappa shape index (κ2) is 7.86. The summed E-state index contributed by atoms with van der Waals surface area (Å²) in [6.45, 7) is 0. The monoisotopic (exact) mass is 369 g/mol. The molecule has 0 fully saturated rings. The molecular weight excluding hydrogens is 355 g/mol. The Kier molecular flexibility index (Phi) is 5.35. The molecule has 0 spiro atoms. The molecule has 3 aromatic rings. The minimum absolute atomic E-state index is 0.345. The molecule has 6 heteroatoms. The van der Waals surface area contributed by atoms with Crippen LogP contribution < -0.4 is 5.32 Å². The van der Waals surface area contributed by atoms with Crippen LogP contribution in [0.4, 0.5) is 13.2 Å². The Bertz CT molecular complexity index is 975. The molecule has 1 unspecified atom stereocenters. The minimum Gasteiger partial charge on any atom is -0.338 e. The Labute approximate surface area is 153 Å². The van der Waals surface area contributed by atoms with Gasteiger partial charge in [-0.25, -0.2) is 13.2 Å². The van der Waals surface area contributed by atoms with Crippen molar-refractivity contribution in [1.29, 1.82) is 0 Å². The van der Waals surface area contributed by atoms with E-state index in [0.29, 0.717) is 17.2 Å². The Balaban J connectivity index is 1.96. The number of nitrogens with one attached hydrogen (secondary N) is 1. The van der Waals surface area contributed by atoms with Crippen LogP contribution in [0.5, 0.6) is 0 Å². The van der Waals surface area contributed by atoms with Crippen LogP contribution in [0.3, 0.4) is 0 Å². The van der Waals surface area contributed by atoms with Gasteiger partial charge in [0.25, 0.3) is 5.91 Å². The summed E-state index contributed by atoms with van der Waals surface area (Å²) in [7, 11) is 0. The molecule has 0 bridgehead atoms. The summed E-state index contributed by atoms with van der Waals surface area (Å²) >= 11 is 0. The molecule has 27 heavy (non-hydrogen) atoms. The van der Waals surface area contributed by atoms with E-state index in [9.17, 15) is 22.8 Å². The smallest absolute Gasteiger partial charge is 0.255 e. The van der Waals surface area contributed by atoms with Gasteiger partial charge in [-0.15, -0.1) is 0 Å². The van der Waals surface area contributed by atoms with Crippen LogP contribution in [0.25, 0.3) is 0 Å². The molecule has 3 nitrogen and oxygen atoms in total. The first kappa shape index (κ1) is 18.4. The lowest BCUT2D eigenvalue weighted by Gasteiger charge is -2.18. The predicted octanol–water partition coefficient (Wildman–Crippen LogP) is 4.46. The van der Waals surface area contributed by atoms with Crippen molar-refractivity contribution >= 4 is 11.7 Å². The quantitative estimate of drug-likeness (QED) is 0.533. The lowest BCUT2D eigenvalue weighted by atomic mass is 9.97. The zero-order valence-electron chi connectivity index (χ0n) is 14.0. The van der Waals surface area contributed by atoms with Gasteiger partial charge in [-0.3, -0.25) is 9.59 Å². The molecule has 0 aliphatic carbocycles. The number of amides is 1. The standard InChI is InChI=1S/C21H14F3NO2/c22-16-12-11-15(17(23)18(16)24)21(27)25-19(13-7-3-1-4-8-13)20(26)14-9-5-2-6-10-14/h1-12,19H,(H,25,27). The van der Waals surface area contributed by atoms with E-state index in [0.717, 1.165) is 6.07 Å². The summed E-state index contributed by atoms with van der Waals surface area (Å²) < 4.78 is 40.5. The van der Waals surface area contributed by atoms with Gasteiger partial charge in [-0.05, 0) is 17.7 Å². The van der Waals surface area contributed by atoms with Gasteiger partial charge < -0.3 is 5.32 Å². The van der Waals surface area contributed by atoms with Crippen molar-refractivity contribution in [2.24, 2.45) is 0 Å². The van der Waals surface area contributed by atoms with Gasteiger partial charge in [-0.1, -0.05) is 60.7 Å². The topological polar surface area (TPSA) is 46.2 Å². The van der Waals surface area contributed by atoms with Crippen LogP contribution in [-0.4, -0.2) is 11.7 Å². The van der Waals surface area contributed by atoms with Gasteiger partial charge in [0.1, 0.15) is 6.04 Å². The van der Waals surface area contributed by atoms with E-state index in [4.69, 9.17) is 0 Å². The average molecular weight is 369 g/mol. The molecular formula is C21H14F3NO2. The summed E-state index contributed by atoms with van der Waals surface area (Å²) in [5, 5.41) is 2.42. The summed E-state index contributed by atoms with van der Waals surface area (Å²) in [4.78, 5) is 25.3. The second-order valence-corrected chi connectivity index (χ2v) is 5.77. The zero-order valence-corrected chi connectivity index (χ0v) is 14.0. The normalized spacial score (nSPS) is 11.7. The molecule has 0 aromatic heterocycles. The zero-order chi connectivity index (χ0) is 19.4. The lowest BCUT2D eigenvalue weighted by molar-refractivity contribution is 0.0854. The van der Waals surface area contributed by atoms with E-state index in [1.807, 2.05) is 0 Å². The number of Topliss-reactive ketones (excluding diaryl/α,β-unsaturated/α-hetero) is 1. The summed E-state index contributed by atoms with van der Waals surface area (Å²) in [6.07, 6.45) is 0. The van der Waals surface area contributed by atoms with Crippen LogP contribution in [0.15, 0.2) is 72.8 Å². The van der Waals surface area contributed by atoms with Gasteiger partial charge in [-0.2, -0.15) is 0 Å². The maximum absolute atomic E-state index is 13.9. The van der Waals surface area contributed by atoms with Gasteiger partial charge in [0.15, 0.2) is 23.2 Å². The van der Waals surface area contributed by atoms with Crippen molar-refractivity contribution in [1.82, 2.24) is 5.32 Å². The van der Waals surface area contributed by atoms with Gasteiger partial charge in [0.05, 0.1) is 5.56 Å². The summed E-state index contributed by atoms with van der Waals surface area (Å²) in [5.74, 6) is -6.19. The highest BCUT2D eigenvalue weighted by atomic mass is 19.2. The van der Waals surface area contributed by atoms with Crippen LogP contribution in [0.1, 0.15) is 32.3 Å². The molecule has 3 rings (SSSR count). The molecule has 0 aliphatic heterocycles. The van der Waals surface area contributed by atoms with Crippen molar-refractivity contribution in [3.8, 4) is 0 Å². The Hall–Kier alpha value is -3.41. The molecule has 1 amide bonds. The molecule has 0 aliphatic rings. The van der Waals surface area contributed by atoms with E-state index in [1.54, 1.807) is 60.7 Å². The number of halogens is 3. The molecule has 0 saturated heterocycles. The Morgan fingerprint density at radius 1 is 0.741 bits per heavy atom. The molecule has 136 valence electrons. The number of rotatable bonds is 5. The first-order valence-corrected chi connectivity index (χ1v) is 8.07. The number of hydrogen-bond acceptors (Lipinski definition) is 2. The third-order valence-corrected chi connectivity index (χ3v) is 4.01. The second-order valence-electron chi connectivity index (χ2n) is 5.77. The van der Waals surface area contributed by atoms with E-state index < -0.39 is 40.7 Å². The Morgan fingerprint density at radius 3 is 1.96 bits per heavy atom. The fraction of sp³-hybridized carbons (Fsp3) is 0.0476. The molecule has 0 heterocycles. The first-order valence-electron chi connectivity index (χ1n) is 8.07. The largest absolute Gasteiger partial charge is 0.338 e. The fourth-order valence-corrected chi connectivity index (χ4v) is 2.62. The van der Waals surface area contributed by atoms with Crippen LogP contribution >= 0.6 is 0 Å². The molecule has 3 aromatic carbocycles. The predicted molar refractivity (Wildman–Crippen MR) is 93.7 cm³/mol. The molecule has 1 atom stereocenters. The third-order valence-electron chi connectivity index (χ3n) is 4.01. The van der Waals surface area contributed by atoms with Crippen molar-refractivity contribution < 1.29 is 22.8 Å². The van der Waals surface area contributed by atoms with Gasteiger partial charge in [0, 0.05) is 5.56 Å². The number of benzene rings is 3. The number of carbonyl (C=O) groups excluding carboxylic acids is 2. The van der Waals surface area contributed by atoms with E-state index in [1.165, 1.54) is 0 Å². The summed E-state index contributed by atoms with van der Waals surface area (Å²) in [5.41, 5.74) is 0.135. The SMILES string of the molecule is O=C(NC(C(=O)c1ccccc1)c1ccccc1)c1ccc(F)c(F)c1F. The number of carbonyl (C=O) groups is 2. The minimum atomic E-state index is -1.74. The first-order chi connectivity index (χ1) is 13.0. The van der Waals surface area contributed by atoms with E-state index in [-0.39, 0.29) is 0 Å². The molecule has 1 N–H and O–H groups in total. The molecule has 0 radical (unpaired) electrons. The van der Waals surface area contributed by atoms with Crippen molar-refractivity contribution in [3.63, 3.8) is 0 Å². The maximum atomic E-state index is 13.9. The van der Waals surface area contributed by atoms with E-state index >= 15 is 0 Å². The Morgan fingerprint density at radius 2 is 1.33 bits per heavy atom. The van der Waals surface area contributed by atoms with Crippen molar-refractivity contribution in [3.05, 3.63) is 107 Å². The van der Waals surface area contributed by atoms with Crippen molar-refractivity contribution in [2.45, 2.75) is 6.04 Å². The summed E-state index contributed by atoms with van der Waals surface area (Å²) in [6, 6.07) is 17.0. The maximum Gasteiger partial charge on any atom is 0.255 e. The number of ketones is 1. The number of hydrogen-bond donors (Lipinski definition) is 1. The third kappa shape index (κ3) is 3.89.